The maximum atomic E-state index is 11.5. The first kappa shape index (κ1) is 21.5. The van der Waals surface area contributed by atoms with Crippen LogP contribution >= 0.6 is 24.0 Å². The van der Waals surface area contributed by atoms with E-state index in [0.29, 0.717) is 13.0 Å². The number of carbonyl (C=O) groups excluding carboxylic acids is 1. The van der Waals surface area contributed by atoms with Crippen LogP contribution in [-0.2, 0) is 17.6 Å². The molecular formula is C18H29IN4O2. The Morgan fingerprint density at radius 3 is 2.76 bits per heavy atom. The van der Waals surface area contributed by atoms with Gasteiger partial charge in [-0.3, -0.25) is 9.79 Å². The molecule has 1 aliphatic rings. The molecule has 0 bridgehead atoms. The third kappa shape index (κ3) is 7.50. The van der Waals surface area contributed by atoms with Crippen molar-refractivity contribution in [1.82, 2.24) is 16.0 Å². The molecule has 0 saturated carbocycles. The van der Waals surface area contributed by atoms with Crippen molar-refractivity contribution >= 4 is 35.8 Å². The number of rotatable bonds is 8. The number of benzene rings is 1. The summed E-state index contributed by atoms with van der Waals surface area (Å²) in [6, 6.07) is 6.39. The Morgan fingerprint density at radius 1 is 1.20 bits per heavy atom. The lowest BCUT2D eigenvalue weighted by molar-refractivity contribution is -0.120. The smallest absolute Gasteiger partial charge is 0.221 e. The molecule has 0 saturated heterocycles. The molecule has 1 heterocycles. The predicted octanol–water partition coefficient (Wildman–Crippen LogP) is 1.86. The number of carbonyl (C=O) groups is 1. The van der Waals surface area contributed by atoms with Gasteiger partial charge in [0.15, 0.2) is 5.96 Å². The standard InChI is InChI=1S/C18H28N4O2.HI/c1-3-9-20-17(23)7-11-22-18(19-2)21-10-6-14-4-5-16-15(13-14)8-12-24-16;/h4-5,13H,3,6-12H2,1-2H3,(H,20,23)(H2,19,21,22);1H. The lowest BCUT2D eigenvalue weighted by Crippen LogP contribution is -2.40. The van der Waals surface area contributed by atoms with Crippen molar-refractivity contribution in [3.8, 4) is 5.75 Å². The van der Waals surface area contributed by atoms with E-state index >= 15 is 0 Å². The Labute approximate surface area is 167 Å². The number of guanidine groups is 1. The highest BCUT2D eigenvalue weighted by Gasteiger charge is 2.11. The average Bonchev–Trinajstić information content (AvgIpc) is 3.06. The summed E-state index contributed by atoms with van der Waals surface area (Å²) in [5, 5.41) is 9.30. The fourth-order valence-electron chi connectivity index (χ4n) is 2.59. The minimum atomic E-state index is 0. The average molecular weight is 460 g/mol. The van der Waals surface area contributed by atoms with Crippen molar-refractivity contribution in [3.05, 3.63) is 29.3 Å². The first-order chi connectivity index (χ1) is 11.7. The van der Waals surface area contributed by atoms with E-state index in [1.165, 1.54) is 11.1 Å². The van der Waals surface area contributed by atoms with Gasteiger partial charge in [0.25, 0.3) is 0 Å². The topological polar surface area (TPSA) is 74.8 Å². The summed E-state index contributed by atoms with van der Waals surface area (Å²) in [5.74, 6) is 1.81. The van der Waals surface area contributed by atoms with Crippen molar-refractivity contribution in [2.75, 3.05) is 33.3 Å². The normalized spacial score (nSPS) is 12.6. The molecule has 0 atom stereocenters. The molecule has 0 radical (unpaired) electrons. The van der Waals surface area contributed by atoms with E-state index in [1.54, 1.807) is 7.05 Å². The summed E-state index contributed by atoms with van der Waals surface area (Å²) in [7, 11) is 1.74. The van der Waals surface area contributed by atoms with Gasteiger partial charge in [0, 0.05) is 39.5 Å². The lowest BCUT2D eigenvalue weighted by atomic mass is 10.1. The van der Waals surface area contributed by atoms with Gasteiger partial charge in [-0.2, -0.15) is 0 Å². The zero-order chi connectivity index (χ0) is 17.2. The van der Waals surface area contributed by atoms with Crippen LogP contribution in [0.3, 0.4) is 0 Å². The number of ether oxygens (including phenoxy) is 1. The van der Waals surface area contributed by atoms with Crippen molar-refractivity contribution in [3.63, 3.8) is 0 Å². The zero-order valence-corrected chi connectivity index (χ0v) is 17.4. The van der Waals surface area contributed by atoms with Gasteiger partial charge in [0.1, 0.15) is 5.75 Å². The van der Waals surface area contributed by atoms with E-state index in [1.807, 2.05) is 6.92 Å². The molecule has 7 heteroatoms. The van der Waals surface area contributed by atoms with Crippen LogP contribution < -0.4 is 20.7 Å². The van der Waals surface area contributed by atoms with Crippen molar-refractivity contribution in [2.45, 2.75) is 32.6 Å². The number of hydrogen-bond donors (Lipinski definition) is 3. The number of nitrogens with zero attached hydrogens (tertiary/aromatic N) is 1. The molecule has 1 aromatic rings. The molecule has 0 aromatic heterocycles. The first-order valence-corrected chi connectivity index (χ1v) is 8.68. The number of hydrogen-bond acceptors (Lipinski definition) is 3. The quantitative estimate of drug-likeness (QED) is 0.315. The Hall–Kier alpha value is -1.51. The number of fused-ring (bicyclic) bond motifs is 1. The minimum absolute atomic E-state index is 0. The van der Waals surface area contributed by atoms with Gasteiger partial charge in [-0.1, -0.05) is 19.1 Å². The second kappa shape index (κ2) is 11.9. The number of amides is 1. The molecule has 0 aliphatic carbocycles. The van der Waals surface area contributed by atoms with Crippen molar-refractivity contribution in [1.29, 1.82) is 0 Å². The zero-order valence-electron chi connectivity index (χ0n) is 15.1. The molecule has 2 rings (SSSR count). The molecule has 140 valence electrons. The Kier molecular flexibility index (Phi) is 10.3. The molecule has 1 aromatic carbocycles. The first-order valence-electron chi connectivity index (χ1n) is 8.68. The third-order valence-electron chi connectivity index (χ3n) is 3.90. The van der Waals surface area contributed by atoms with E-state index in [2.05, 4.69) is 39.1 Å². The summed E-state index contributed by atoms with van der Waals surface area (Å²) >= 11 is 0. The lowest BCUT2D eigenvalue weighted by Gasteiger charge is -2.12. The molecule has 0 unspecified atom stereocenters. The molecule has 1 amide bonds. The van der Waals surface area contributed by atoms with E-state index in [9.17, 15) is 4.79 Å². The predicted molar refractivity (Wildman–Crippen MR) is 112 cm³/mol. The van der Waals surface area contributed by atoms with Gasteiger partial charge >= 0.3 is 0 Å². The van der Waals surface area contributed by atoms with Crippen LogP contribution in [0.5, 0.6) is 5.75 Å². The summed E-state index contributed by atoms with van der Waals surface area (Å²) in [4.78, 5) is 15.7. The summed E-state index contributed by atoms with van der Waals surface area (Å²) in [5.41, 5.74) is 2.59. The van der Waals surface area contributed by atoms with Gasteiger partial charge in [-0.15, -0.1) is 24.0 Å². The van der Waals surface area contributed by atoms with Gasteiger partial charge in [-0.25, -0.2) is 0 Å². The van der Waals surface area contributed by atoms with Crippen LogP contribution in [0.1, 0.15) is 30.9 Å². The largest absolute Gasteiger partial charge is 0.493 e. The number of aliphatic imine (C=N–C) groups is 1. The second-order valence-electron chi connectivity index (χ2n) is 5.82. The van der Waals surface area contributed by atoms with E-state index in [0.717, 1.165) is 50.7 Å². The van der Waals surface area contributed by atoms with Crippen molar-refractivity contribution in [2.24, 2.45) is 4.99 Å². The highest BCUT2D eigenvalue weighted by molar-refractivity contribution is 14.0. The molecule has 25 heavy (non-hydrogen) atoms. The van der Waals surface area contributed by atoms with E-state index in [4.69, 9.17) is 4.74 Å². The monoisotopic (exact) mass is 460 g/mol. The van der Waals surface area contributed by atoms with Crippen LogP contribution in [-0.4, -0.2) is 45.2 Å². The number of halogens is 1. The Morgan fingerprint density at radius 2 is 2.00 bits per heavy atom. The minimum Gasteiger partial charge on any atom is -0.493 e. The van der Waals surface area contributed by atoms with Gasteiger partial charge in [0.05, 0.1) is 6.61 Å². The van der Waals surface area contributed by atoms with E-state index in [-0.39, 0.29) is 29.9 Å². The molecular weight excluding hydrogens is 431 g/mol. The molecule has 0 fully saturated rings. The maximum Gasteiger partial charge on any atom is 0.221 e. The Bertz CT molecular complexity index is 578. The van der Waals surface area contributed by atoms with Gasteiger partial charge < -0.3 is 20.7 Å². The summed E-state index contributed by atoms with van der Waals surface area (Å²) in [6.07, 6.45) is 3.33. The van der Waals surface area contributed by atoms with Gasteiger partial charge in [0.2, 0.25) is 5.91 Å². The van der Waals surface area contributed by atoms with Crippen LogP contribution in [0.15, 0.2) is 23.2 Å². The van der Waals surface area contributed by atoms with Crippen LogP contribution in [0, 0.1) is 0 Å². The summed E-state index contributed by atoms with van der Waals surface area (Å²) in [6.45, 7) is 4.93. The fraction of sp³-hybridized carbons (Fsp3) is 0.556. The molecule has 1 aliphatic heterocycles. The molecule has 3 N–H and O–H groups in total. The third-order valence-corrected chi connectivity index (χ3v) is 3.90. The van der Waals surface area contributed by atoms with Crippen LogP contribution in [0.2, 0.25) is 0 Å². The van der Waals surface area contributed by atoms with Crippen LogP contribution in [0.4, 0.5) is 0 Å². The highest BCUT2D eigenvalue weighted by Crippen LogP contribution is 2.25. The maximum absolute atomic E-state index is 11.5. The van der Waals surface area contributed by atoms with Gasteiger partial charge in [-0.05, 0) is 30.0 Å². The SMILES string of the molecule is CCCNC(=O)CCNC(=NC)NCCc1ccc2c(c1)CCO2.I. The highest BCUT2D eigenvalue weighted by atomic mass is 127. The summed E-state index contributed by atoms with van der Waals surface area (Å²) < 4.78 is 5.52. The van der Waals surface area contributed by atoms with Crippen molar-refractivity contribution < 1.29 is 9.53 Å². The number of nitrogens with one attached hydrogen (secondary N) is 3. The second-order valence-corrected chi connectivity index (χ2v) is 5.82. The van der Waals surface area contributed by atoms with E-state index < -0.39 is 0 Å². The fourth-order valence-corrected chi connectivity index (χ4v) is 2.59. The van der Waals surface area contributed by atoms with Crippen LogP contribution in [0.25, 0.3) is 0 Å². The Balaban J connectivity index is 0.00000312. The molecule has 6 nitrogen and oxygen atoms in total. The molecule has 0 spiro atoms.